The highest BCUT2D eigenvalue weighted by Gasteiger charge is 2.20. The fourth-order valence-corrected chi connectivity index (χ4v) is 1.07. The van der Waals surface area contributed by atoms with Crippen LogP contribution < -0.4 is 4.74 Å². The molecular weight excluding hydrogens is 210 g/mol. The summed E-state index contributed by atoms with van der Waals surface area (Å²) in [5, 5.41) is 17.5. The summed E-state index contributed by atoms with van der Waals surface area (Å²) in [6.45, 7) is 0. The molecule has 82 valence electrons. The second kappa shape index (κ2) is 4.22. The van der Waals surface area contributed by atoms with Crippen LogP contribution >= 0.6 is 0 Å². The van der Waals surface area contributed by atoms with Crippen LogP contribution in [0.5, 0.6) is 5.75 Å². The Morgan fingerprint density at radius 1 is 1.40 bits per heavy atom. The average molecular weight is 218 g/mol. The summed E-state index contributed by atoms with van der Waals surface area (Å²) in [5.74, 6) is -4.32. The van der Waals surface area contributed by atoms with Crippen LogP contribution in [0.1, 0.15) is 11.7 Å². The predicted molar refractivity (Wildman–Crippen MR) is 45.5 cm³/mol. The van der Waals surface area contributed by atoms with Crippen molar-refractivity contribution in [1.82, 2.24) is 0 Å². The van der Waals surface area contributed by atoms with Crippen molar-refractivity contribution in [3.8, 4) is 5.75 Å². The van der Waals surface area contributed by atoms with E-state index >= 15 is 0 Å². The van der Waals surface area contributed by atoms with Gasteiger partial charge in [-0.05, 0) is 17.7 Å². The highest BCUT2D eigenvalue weighted by Crippen LogP contribution is 2.25. The molecule has 2 N–H and O–H groups in total. The molecule has 0 aromatic heterocycles. The predicted octanol–water partition coefficient (Wildman–Crippen LogP) is 1.09. The Morgan fingerprint density at radius 2 is 1.87 bits per heavy atom. The lowest BCUT2D eigenvalue weighted by atomic mass is 10.1. The summed E-state index contributed by atoms with van der Waals surface area (Å²) in [7, 11) is 1.08. The molecule has 1 aromatic rings. The molecule has 0 radical (unpaired) electrons. The molecule has 6 heteroatoms. The molecule has 0 fully saturated rings. The molecule has 4 nitrogen and oxygen atoms in total. The summed E-state index contributed by atoms with van der Waals surface area (Å²) in [4.78, 5) is 10.4. The molecule has 0 aliphatic heterocycles. The first kappa shape index (κ1) is 11.4. The number of carbonyl (C=O) groups is 1. The molecule has 0 aliphatic carbocycles. The number of hydrogen-bond donors (Lipinski definition) is 2. The molecule has 0 bridgehead atoms. The quantitative estimate of drug-likeness (QED) is 0.796. The summed E-state index contributed by atoms with van der Waals surface area (Å²) < 4.78 is 30.5. The van der Waals surface area contributed by atoms with Gasteiger partial charge in [0, 0.05) is 0 Å². The Labute approximate surface area is 83.7 Å². The largest absolute Gasteiger partial charge is 0.491 e. The van der Waals surface area contributed by atoms with Crippen LogP contribution in [-0.4, -0.2) is 23.3 Å². The summed E-state index contributed by atoms with van der Waals surface area (Å²) in [6, 6.07) is 1.42. The average Bonchev–Trinajstić information content (AvgIpc) is 2.15. The summed E-state index contributed by atoms with van der Waals surface area (Å²) >= 11 is 0. The van der Waals surface area contributed by atoms with Crippen molar-refractivity contribution in [2.75, 3.05) is 7.11 Å². The second-order valence-electron chi connectivity index (χ2n) is 2.76. The minimum atomic E-state index is -1.96. The van der Waals surface area contributed by atoms with Gasteiger partial charge in [-0.3, -0.25) is 0 Å². The molecule has 0 amide bonds. The van der Waals surface area contributed by atoms with E-state index in [0.717, 1.165) is 7.11 Å². The zero-order valence-electron chi connectivity index (χ0n) is 7.70. The summed E-state index contributed by atoms with van der Waals surface area (Å²) in [6.07, 6.45) is -1.96. The van der Waals surface area contributed by atoms with Gasteiger partial charge in [-0.15, -0.1) is 0 Å². The number of aliphatic hydroxyl groups is 1. The van der Waals surface area contributed by atoms with Gasteiger partial charge in [0.15, 0.2) is 23.5 Å². The van der Waals surface area contributed by atoms with E-state index in [-0.39, 0.29) is 5.56 Å². The molecule has 0 spiro atoms. The Kier molecular flexibility index (Phi) is 3.21. The van der Waals surface area contributed by atoms with Crippen molar-refractivity contribution in [2.24, 2.45) is 0 Å². The molecule has 0 heterocycles. The number of aliphatic carboxylic acids is 1. The fourth-order valence-electron chi connectivity index (χ4n) is 1.07. The molecule has 1 atom stereocenters. The zero-order chi connectivity index (χ0) is 11.6. The number of carboxylic acid groups (broad SMARTS) is 1. The maximum absolute atomic E-state index is 13.1. The number of ether oxygens (including phenoxy) is 1. The number of rotatable bonds is 3. The molecule has 1 aromatic carbocycles. The summed E-state index contributed by atoms with van der Waals surface area (Å²) in [5.41, 5.74) is -0.377. The number of carboxylic acids is 1. The van der Waals surface area contributed by atoms with E-state index in [4.69, 9.17) is 10.2 Å². The minimum absolute atomic E-state index is 0.377. The van der Waals surface area contributed by atoms with Crippen molar-refractivity contribution in [2.45, 2.75) is 6.10 Å². The third-order valence-electron chi connectivity index (χ3n) is 1.77. The topological polar surface area (TPSA) is 66.8 Å². The van der Waals surface area contributed by atoms with Crippen LogP contribution in [0.25, 0.3) is 0 Å². The maximum Gasteiger partial charge on any atom is 0.337 e. The first-order valence-corrected chi connectivity index (χ1v) is 3.91. The van der Waals surface area contributed by atoms with Crippen LogP contribution in [-0.2, 0) is 4.79 Å². The molecule has 0 saturated carbocycles. The van der Waals surface area contributed by atoms with Gasteiger partial charge in [0.2, 0.25) is 0 Å². The van der Waals surface area contributed by atoms with E-state index in [1.54, 1.807) is 0 Å². The lowest BCUT2D eigenvalue weighted by Gasteiger charge is -2.09. The van der Waals surface area contributed by atoms with Crippen molar-refractivity contribution in [1.29, 1.82) is 0 Å². The van der Waals surface area contributed by atoms with Gasteiger partial charge in [-0.25, -0.2) is 13.6 Å². The lowest BCUT2D eigenvalue weighted by Crippen LogP contribution is -2.11. The van der Waals surface area contributed by atoms with Crippen molar-refractivity contribution in [3.05, 3.63) is 29.3 Å². The van der Waals surface area contributed by atoms with E-state index in [0.29, 0.717) is 12.1 Å². The maximum atomic E-state index is 13.1. The van der Waals surface area contributed by atoms with E-state index in [1.165, 1.54) is 0 Å². The lowest BCUT2D eigenvalue weighted by molar-refractivity contribution is -0.146. The third-order valence-corrected chi connectivity index (χ3v) is 1.77. The van der Waals surface area contributed by atoms with Crippen LogP contribution in [0.15, 0.2) is 12.1 Å². The smallest absolute Gasteiger partial charge is 0.337 e. The van der Waals surface area contributed by atoms with Gasteiger partial charge < -0.3 is 14.9 Å². The van der Waals surface area contributed by atoms with Gasteiger partial charge >= 0.3 is 5.97 Å². The van der Waals surface area contributed by atoms with E-state index in [2.05, 4.69) is 4.74 Å². The van der Waals surface area contributed by atoms with Gasteiger partial charge in [-0.2, -0.15) is 0 Å². The second-order valence-corrected chi connectivity index (χ2v) is 2.76. The molecule has 15 heavy (non-hydrogen) atoms. The Balaban J connectivity index is 3.19. The van der Waals surface area contributed by atoms with Crippen molar-refractivity contribution < 1.29 is 28.5 Å². The molecule has 0 saturated heterocycles. The Bertz CT molecular complexity index is 369. The third kappa shape index (κ3) is 2.21. The van der Waals surface area contributed by atoms with Gasteiger partial charge in [-0.1, -0.05) is 0 Å². The number of methoxy groups -OCH3 is 1. The normalized spacial score (nSPS) is 12.3. The zero-order valence-corrected chi connectivity index (χ0v) is 7.70. The first-order chi connectivity index (χ1) is 6.97. The minimum Gasteiger partial charge on any atom is -0.491 e. The monoisotopic (exact) mass is 218 g/mol. The van der Waals surface area contributed by atoms with Crippen LogP contribution in [0.2, 0.25) is 0 Å². The fraction of sp³-hybridized carbons (Fsp3) is 0.222. The van der Waals surface area contributed by atoms with Crippen LogP contribution in [0.4, 0.5) is 8.78 Å². The van der Waals surface area contributed by atoms with E-state index < -0.39 is 29.5 Å². The van der Waals surface area contributed by atoms with Gasteiger partial charge in [0.25, 0.3) is 0 Å². The molecule has 1 unspecified atom stereocenters. The molecule has 0 aliphatic rings. The molecule has 1 rings (SSSR count). The number of benzene rings is 1. The van der Waals surface area contributed by atoms with E-state index in [9.17, 15) is 13.6 Å². The first-order valence-electron chi connectivity index (χ1n) is 3.91. The van der Waals surface area contributed by atoms with Crippen LogP contribution in [0.3, 0.4) is 0 Å². The highest BCUT2D eigenvalue weighted by atomic mass is 19.1. The number of halogens is 2. The number of hydrogen-bond acceptors (Lipinski definition) is 3. The van der Waals surface area contributed by atoms with Crippen LogP contribution in [0, 0.1) is 11.6 Å². The van der Waals surface area contributed by atoms with Gasteiger partial charge in [0.05, 0.1) is 7.11 Å². The highest BCUT2D eigenvalue weighted by molar-refractivity contribution is 5.74. The number of aliphatic hydroxyl groups excluding tert-OH is 1. The Morgan fingerprint density at radius 3 is 2.20 bits per heavy atom. The standard InChI is InChI=1S/C9H8F2O4/c1-15-8-5(10)2-4(3-6(8)11)7(12)9(13)14/h2-3,7,12H,1H3,(H,13,14). The molecular formula is C9H8F2O4. The van der Waals surface area contributed by atoms with Crippen molar-refractivity contribution >= 4 is 5.97 Å². The SMILES string of the molecule is COc1c(F)cc(C(O)C(=O)O)cc1F. The van der Waals surface area contributed by atoms with Gasteiger partial charge in [0.1, 0.15) is 0 Å². The Hall–Kier alpha value is -1.69. The van der Waals surface area contributed by atoms with E-state index in [1.807, 2.05) is 0 Å². The van der Waals surface area contributed by atoms with Crippen molar-refractivity contribution in [3.63, 3.8) is 0 Å².